The van der Waals surface area contributed by atoms with Crippen molar-refractivity contribution in [3.8, 4) is 0 Å². The van der Waals surface area contributed by atoms with E-state index in [1.54, 1.807) is 0 Å². The summed E-state index contributed by atoms with van der Waals surface area (Å²) < 4.78 is 22.5. The Balaban J connectivity index is 2.18. The lowest BCUT2D eigenvalue weighted by molar-refractivity contribution is -0.137. The normalized spacial score (nSPS) is 30.0. The summed E-state index contributed by atoms with van der Waals surface area (Å²) in [7, 11) is -3.15. The predicted molar refractivity (Wildman–Crippen MR) is 51.9 cm³/mol. The molecule has 0 bridgehead atoms. The smallest absolute Gasteiger partial charge is 0.277 e. The van der Waals surface area contributed by atoms with Crippen molar-refractivity contribution in [2.24, 2.45) is 11.8 Å². The molecule has 0 aliphatic carbocycles. The van der Waals surface area contributed by atoms with Crippen molar-refractivity contribution in [3.05, 3.63) is 0 Å². The molecular formula is C8H10N2O5S. The van der Waals surface area contributed by atoms with E-state index >= 15 is 0 Å². The highest BCUT2D eigenvalue weighted by Crippen LogP contribution is 2.27. The van der Waals surface area contributed by atoms with Crippen molar-refractivity contribution in [3.63, 3.8) is 0 Å². The number of hydrogen-bond acceptors (Lipinski definition) is 5. The molecule has 2 rings (SSSR count). The minimum Gasteiger partial charge on any atom is -0.277 e. The van der Waals surface area contributed by atoms with Gasteiger partial charge in [0.25, 0.3) is 0 Å². The van der Waals surface area contributed by atoms with Gasteiger partial charge in [0.1, 0.15) is 5.92 Å². The van der Waals surface area contributed by atoms with E-state index in [0.29, 0.717) is 0 Å². The standard InChI is InChI=1S/C8H10N2O5S/c11-6-5(7(12)10-8(13)9-6)4-1-2-16(14,15)3-4/h4-5H,1-3H2,(H2,9,10,11,12,13). The largest absolute Gasteiger partial charge is 0.328 e. The zero-order valence-electron chi connectivity index (χ0n) is 8.23. The predicted octanol–water partition coefficient (Wildman–Crippen LogP) is -1.60. The molecule has 0 aromatic heterocycles. The maximum absolute atomic E-state index is 11.4. The molecule has 2 aliphatic rings. The van der Waals surface area contributed by atoms with Crippen LogP contribution in [0.5, 0.6) is 0 Å². The van der Waals surface area contributed by atoms with E-state index in [9.17, 15) is 22.8 Å². The van der Waals surface area contributed by atoms with E-state index in [-0.39, 0.29) is 17.9 Å². The lowest BCUT2D eigenvalue weighted by Crippen LogP contribution is -2.57. The minimum absolute atomic E-state index is 0.0112. The van der Waals surface area contributed by atoms with E-state index in [0.717, 1.165) is 0 Å². The van der Waals surface area contributed by atoms with Gasteiger partial charge in [0, 0.05) is 0 Å². The van der Waals surface area contributed by atoms with E-state index < -0.39 is 39.5 Å². The first kappa shape index (κ1) is 11.1. The van der Waals surface area contributed by atoms with Gasteiger partial charge in [-0.3, -0.25) is 20.2 Å². The quantitative estimate of drug-likeness (QED) is 0.542. The van der Waals surface area contributed by atoms with Crippen molar-refractivity contribution in [2.75, 3.05) is 11.5 Å². The summed E-state index contributed by atoms with van der Waals surface area (Å²) in [5, 5.41) is 3.92. The van der Waals surface area contributed by atoms with Gasteiger partial charge >= 0.3 is 6.03 Å². The first-order valence-corrected chi connectivity index (χ1v) is 6.57. The van der Waals surface area contributed by atoms with Crippen molar-refractivity contribution < 1.29 is 22.8 Å². The van der Waals surface area contributed by atoms with Gasteiger partial charge in [0.15, 0.2) is 9.84 Å². The molecule has 2 saturated heterocycles. The van der Waals surface area contributed by atoms with Crippen LogP contribution >= 0.6 is 0 Å². The molecule has 0 spiro atoms. The summed E-state index contributed by atoms with van der Waals surface area (Å²) in [6, 6.07) is -0.855. The third-order valence-electron chi connectivity index (χ3n) is 2.78. The van der Waals surface area contributed by atoms with Gasteiger partial charge in [-0.15, -0.1) is 0 Å². The third kappa shape index (κ3) is 1.92. The average Bonchev–Trinajstić information content (AvgIpc) is 2.44. The average molecular weight is 246 g/mol. The SMILES string of the molecule is O=C1NC(=O)C(C2CCS(=O)(=O)C2)C(=O)N1. The molecule has 0 saturated carbocycles. The maximum Gasteiger partial charge on any atom is 0.328 e. The fourth-order valence-corrected chi connectivity index (χ4v) is 3.88. The molecule has 88 valence electrons. The number of imide groups is 2. The maximum atomic E-state index is 11.4. The van der Waals surface area contributed by atoms with Crippen LogP contribution in [-0.2, 0) is 19.4 Å². The second kappa shape index (κ2) is 3.55. The van der Waals surface area contributed by atoms with Crippen LogP contribution in [0.4, 0.5) is 4.79 Å². The van der Waals surface area contributed by atoms with Gasteiger partial charge in [-0.25, -0.2) is 13.2 Å². The highest BCUT2D eigenvalue weighted by Gasteiger charge is 2.44. The molecule has 1 unspecified atom stereocenters. The Morgan fingerprint density at radius 1 is 1.06 bits per heavy atom. The Morgan fingerprint density at radius 2 is 1.62 bits per heavy atom. The molecule has 1 atom stereocenters. The summed E-state index contributed by atoms with van der Waals surface area (Å²) in [4.78, 5) is 33.6. The number of rotatable bonds is 1. The number of carbonyl (C=O) groups excluding carboxylic acids is 3. The van der Waals surface area contributed by atoms with Crippen molar-refractivity contribution >= 4 is 27.7 Å². The highest BCUT2D eigenvalue weighted by molar-refractivity contribution is 7.91. The number of carbonyl (C=O) groups is 3. The van der Waals surface area contributed by atoms with Crippen LogP contribution in [0.1, 0.15) is 6.42 Å². The van der Waals surface area contributed by atoms with E-state index in [1.165, 1.54) is 0 Å². The second-order valence-corrected chi connectivity index (χ2v) is 6.18. The van der Waals surface area contributed by atoms with Gasteiger partial charge in [-0.2, -0.15) is 0 Å². The van der Waals surface area contributed by atoms with Gasteiger partial charge in [-0.05, 0) is 12.3 Å². The Bertz CT molecular complexity index is 449. The summed E-state index contributed by atoms with van der Waals surface area (Å²) in [6.45, 7) is 0. The van der Waals surface area contributed by atoms with E-state index in [4.69, 9.17) is 0 Å². The molecule has 2 N–H and O–H groups in total. The fraction of sp³-hybridized carbons (Fsp3) is 0.625. The molecule has 0 aromatic carbocycles. The van der Waals surface area contributed by atoms with E-state index in [2.05, 4.69) is 0 Å². The van der Waals surface area contributed by atoms with Crippen LogP contribution < -0.4 is 10.6 Å². The van der Waals surface area contributed by atoms with Gasteiger partial charge in [0.05, 0.1) is 11.5 Å². The molecule has 0 aromatic rings. The Labute approximate surface area is 91.5 Å². The number of hydrogen-bond donors (Lipinski definition) is 2. The number of amides is 4. The number of nitrogens with one attached hydrogen (secondary N) is 2. The second-order valence-electron chi connectivity index (χ2n) is 3.95. The minimum atomic E-state index is -3.15. The Hall–Kier alpha value is -1.44. The van der Waals surface area contributed by atoms with Crippen LogP contribution in [0.25, 0.3) is 0 Å². The number of barbiturate groups is 1. The van der Waals surface area contributed by atoms with Crippen molar-refractivity contribution in [1.82, 2.24) is 10.6 Å². The fourth-order valence-electron chi connectivity index (χ4n) is 2.04. The molecule has 7 nitrogen and oxygen atoms in total. The van der Waals surface area contributed by atoms with Crippen LogP contribution in [0.3, 0.4) is 0 Å². The molecule has 2 fully saturated rings. The molecule has 8 heteroatoms. The molecule has 4 amide bonds. The summed E-state index contributed by atoms with van der Waals surface area (Å²) in [5.41, 5.74) is 0. The lowest BCUT2D eigenvalue weighted by Gasteiger charge is -2.24. The number of urea groups is 1. The molecule has 2 heterocycles. The zero-order valence-corrected chi connectivity index (χ0v) is 9.04. The van der Waals surface area contributed by atoms with Crippen molar-refractivity contribution in [1.29, 1.82) is 0 Å². The third-order valence-corrected chi connectivity index (χ3v) is 4.57. The Morgan fingerprint density at radius 3 is 2.06 bits per heavy atom. The molecular weight excluding hydrogens is 236 g/mol. The molecule has 0 radical (unpaired) electrons. The van der Waals surface area contributed by atoms with Gasteiger partial charge < -0.3 is 0 Å². The van der Waals surface area contributed by atoms with Crippen LogP contribution in [0, 0.1) is 11.8 Å². The summed E-state index contributed by atoms with van der Waals surface area (Å²) in [5.74, 6) is -3.21. The number of sulfone groups is 1. The van der Waals surface area contributed by atoms with Gasteiger partial charge in [-0.1, -0.05) is 0 Å². The lowest BCUT2D eigenvalue weighted by atomic mass is 9.89. The monoisotopic (exact) mass is 246 g/mol. The summed E-state index contributed by atoms with van der Waals surface area (Å²) in [6.07, 6.45) is 0.280. The summed E-state index contributed by atoms with van der Waals surface area (Å²) >= 11 is 0. The van der Waals surface area contributed by atoms with Crippen LogP contribution in [0.2, 0.25) is 0 Å². The first-order chi connectivity index (χ1) is 7.39. The van der Waals surface area contributed by atoms with Gasteiger partial charge in [0.2, 0.25) is 11.8 Å². The van der Waals surface area contributed by atoms with Crippen LogP contribution in [-0.4, -0.2) is 37.8 Å². The topological polar surface area (TPSA) is 109 Å². The van der Waals surface area contributed by atoms with Crippen molar-refractivity contribution in [2.45, 2.75) is 6.42 Å². The first-order valence-electron chi connectivity index (χ1n) is 4.75. The molecule has 2 aliphatic heterocycles. The Kier molecular flexibility index (Phi) is 2.45. The van der Waals surface area contributed by atoms with E-state index in [1.807, 2.05) is 10.6 Å². The zero-order chi connectivity index (χ0) is 11.9. The molecule has 16 heavy (non-hydrogen) atoms. The van der Waals surface area contributed by atoms with Crippen LogP contribution in [0.15, 0.2) is 0 Å². The highest BCUT2D eigenvalue weighted by atomic mass is 32.2.